The van der Waals surface area contributed by atoms with Crippen molar-refractivity contribution in [3.8, 4) is 0 Å². The molecule has 0 saturated heterocycles. The molecule has 0 aromatic heterocycles. The summed E-state index contributed by atoms with van der Waals surface area (Å²) >= 11 is 5.93. The number of rotatable bonds is 4. The molecule has 3 nitrogen and oxygen atoms in total. The van der Waals surface area contributed by atoms with E-state index >= 15 is 0 Å². The van der Waals surface area contributed by atoms with Crippen molar-refractivity contribution in [1.82, 2.24) is 4.31 Å². The number of sulfonamides is 1. The minimum atomic E-state index is -3.44. The van der Waals surface area contributed by atoms with Crippen LogP contribution in [-0.4, -0.2) is 24.8 Å². The fourth-order valence-electron chi connectivity index (χ4n) is 4.09. The number of hydrogen-bond acceptors (Lipinski definition) is 2. The Morgan fingerprint density at radius 2 is 1.22 bits per heavy atom. The Hall–Kier alpha value is -0.580. The second-order valence-corrected chi connectivity index (χ2v) is 9.15. The summed E-state index contributed by atoms with van der Waals surface area (Å²) in [5.41, 5.74) is 0. The van der Waals surface area contributed by atoms with E-state index in [1.807, 2.05) is 4.31 Å². The van der Waals surface area contributed by atoms with Crippen molar-refractivity contribution in [3.63, 3.8) is 0 Å². The van der Waals surface area contributed by atoms with Crippen LogP contribution in [-0.2, 0) is 10.0 Å². The molecule has 2 aliphatic carbocycles. The Morgan fingerprint density at radius 1 is 0.783 bits per heavy atom. The van der Waals surface area contributed by atoms with Gasteiger partial charge in [-0.3, -0.25) is 0 Å². The third-order valence-electron chi connectivity index (χ3n) is 5.26. The van der Waals surface area contributed by atoms with Crippen molar-refractivity contribution in [2.24, 2.45) is 0 Å². The fourth-order valence-corrected chi connectivity index (χ4v) is 6.15. The molecule has 0 heterocycles. The molecule has 0 spiro atoms. The van der Waals surface area contributed by atoms with Gasteiger partial charge in [-0.1, -0.05) is 50.1 Å². The summed E-state index contributed by atoms with van der Waals surface area (Å²) in [6, 6.07) is 7.00. The lowest BCUT2D eigenvalue weighted by atomic mass is 9.91. The zero-order chi connectivity index (χ0) is 16.3. The SMILES string of the molecule is O=S(=O)(c1ccc(Cl)cc1)N(C1CCCCC1)C1CCCCC1. The zero-order valence-electron chi connectivity index (χ0n) is 13.6. The van der Waals surface area contributed by atoms with Gasteiger partial charge in [0.25, 0.3) is 0 Å². The van der Waals surface area contributed by atoms with E-state index in [1.165, 1.54) is 12.8 Å². The van der Waals surface area contributed by atoms with E-state index < -0.39 is 10.0 Å². The van der Waals surface area contributed by atoms with Crippen molar-refractivity contribution in [1.29, 1.82) is 0 Å². The van der Waals surface area contributed by atoms with Crippen LogP contribution < -0.4 is 0 Å². The highest BCUT2D eigenvalue weighted by Gasteiger charge is 2.38. The number of hydrogen-bond donors (Lipinski definition) is 0. The van der Waals surface area contributed by atoms with Crippen LogP contribution in [0.15, 0.2) is 29.2 Å². The highest BCUT2D eigenvalue weighted by Crippen LogP contribution is 2.34. The maximum atomic E-state index is 13.3. The standard InChI is InChI=1S/C18H26ClNO2S/c19-15-11-13-18(14-12-15)23(21,22)20(16-7-3-1-4-8-16)17-9-5-2-6-10-17/h11-14,16-17H,1-10H2. The van der Waals surface area contributed by atoms with Gasteiger partial charge >= 0.3 is 0 Å². The van der Waals surface area contributed by atoms with Gasteiger partial charge in [0.15, 0.2) is 0 Å². The Balaban J connectivity index is 1.93. The Morgan fingerprint density at radius 3 is 1.65 bits per heavy atom. The van der Waals surface area contributed by atoms with Gasteiger partial charge in [-0.2, -0.15) is 4.31 Å². The zero-order valence-corrected chi connectivity index (χ0v) is 15.2. The molecular formula is C18H26ClNO2S. The molecule has 0 bridgehead atoms. The van der Waals surface area contributed by atoms with Gasteiger partial charge in [-0.25, -0.2) is 8.42 Å². The van der Waals surface area contributed by atoms with Crippen molar-refractivity contribution in [2.45, 2.75) is 81.2 Å². The Bertz CT molecular complexity index is 584. The summed E-state index contributed by atoms with van der Waals surface area (Å²) in [5.74, 6) is 0. The summed E-state index contributed by atoms with van der Waals surface area (Å²) in [5, 5.41) is 0.575. The lowest BCUT2D eigenvalue weighted by molar-refractivity contribution is 0.169. The molecule has 23 heavy (non-hydrogen) atoms. The van der Waals surface area contributed by atoms with Crippen LogP contribution in [0.1, 0.15) is 64.2 Å². The van der Waals surface area contributed by atoms with Gasteiger partial charge in [0.05, 0.1) is 4.90 Å². The van der Waals surface area contributed by atoms with Crippen LogP contribution in [0.3, 0.4) is 0 Å². The average molecular weight is 356 g/mol. The van der Waals surface area contributed by atoms with E-state index in [4.69, 9.17) is 11.6 Å². The van der Waals surface area contributed by atoms with E-state index in [0.29, 0.717) is 9.92 Å². The lowest BCUT2D eigenvalue weighted by Crippen LogP contribution is -2.48. The van der Waals surface area contributed by atoms with E-state index in [0.717, 1.165) is 51.4 Å². The van der Waals surface area contributed by atoms with Crippen molar-refractivity contribution < 1.29 is 8.42 Å². The van der Waals surface area contributed by atoms with Crippen LogP contribution in [0.5, 0.6) is 0 Å². The first-order chi connectivity index (χ1) is 11.1. The van der Waals surface area contributed by atoms with Crippen LogP contribution in [0.2, 0.25) is 5.02 Å². The molecule has 2 saturated carbocycles. The highest BCUT2D eigenvalue weighted by atomic mass is 35.5. The topological polar surface area (TPSA) is 37.4 Å². The molecular weight excluding hydrogens is 330 g/mol. The summed E-state index contributed by atoms with van der Waals surface area (Å²) in [6.45, 7) is 0. The quantitative estimate of drug-likeness (QED) is 0.762. The van der Waals surface area contributed by atoms with Gasteiger partial charge in [0, 0.05) is 17.1 Å². The molecule has 0 amide bonds. The predicted molar refractivity (Wildman–Crippen MR) is 94.2 cm³/mol. The minimum Gasteiger partial charge on any atom is -0.207 e. The van der Waals surface area contributed by atoms with E-state index in [9.17, 15) is 8.42 Å². The van der Waals surface area contributed by atoms with Gasteiger partial charge in [-0.05, 0) is 49.9 Å². The van der Waals surface area contributed by atoms with Crippen molar-refractivity contribution in [2.75, 3.05) is 0 Å². The fraction of sp³-hybridized carbons (Fsp3) is 0.667. The smallest absolute Gasteiger partial charge is 0.207 e. The second kappa shape index (κ2) is 7.54. The first-order valence-corrected chi connectivity index (χ1v) is 10.7. The molecule has 0 radical (unpaired) electrons. The van der Waals surface area contributed by atoms with E-state index in [1.54, 1.807) is 24.3 Å². The van der Waals surface area contributed by atoms with Gasteiger partial charge in [0.2, 0.25) is 10.0 Å². The molecule has 5 heteroatoms. The molecule has 0 N–H and O–H groups in total. The normalized spacial score (nSPS) is 21.7. The van der Waals surface area contributed by atoms with Crippen molar-refractivity contribution in [3.05, 3.63) is 29.3 Å². The van der Waals surface area contributed by atoms with Crippen molar-refractivity contribution >= 4 is 21.6 Å². The average Bonchev–Trinajstić information content (AvgIpc) is 2.57. The first-order valence-electron chi connectivity index (χ1n) is 8.88. The molecule has 2 fully saturated rings. The summed E-state index contributed by atoms with van der Waals surface area (Å²) in [6.07, 6.45) is 11.0. The third kappa shape index (κ3) is 3.92. The van der Waals surface area contributed by atoms with Crippen LogP contribution in [0, 0.1) is 0 Å². The van der Waals surface area contributed by atoms with E-state index in [2.05, 4.69) is 0 Å². The van der Waals surface area contributed by atoms with Crippen LogP contribution in [0.4, 0.5) is 0 Å². The Kier molecular flexibility index (Phi) is 5.65. The molecule has 128 valence electrons. The third-order valence-corrected chi connectivity index (χ3v) is 7.53. The maximum Gasteiger partial charge on any atom is 0.243 e. The number of nitrogens with zero attached hydrogens (tertiary/aromatic N) is 1. The highest BCUT2D eigenvalue weighted by molar-refractivity contribution is 7.89. The molecule has 2 aliphatic rings. The number of halogens is 1. The second-order valence-electron chi connectivity index (χ2n) is 6.87. The van der Waals surface area contributed by atoms with E-state index in [-0.39, 0.29) is 12.1 Å². The molecule has 1 aromatic rings. The van der Waals surface area contributed by atoms with Crippen LogP contribution >= 0.6 is 11.6 Å². The predicted octanol–water partition coefficient (Wildman–Crippen LogP) is 5.00. The van der Waals surface area contributed by atoms with Gasteiger partial charge in [0.1, 0.15) is 0 Å². The molecule has 0 aliphatic heterocycles. The maximum absolute atomic E-state index is 13.3. The lowest BCUT2D eigenvalue weighted by Gasteiger charge is -2.40. The van der Waals surface area contributed by atoms with Gasteiger partial charge < -0.3 is 0 Å². The van der Waals surface area contributed by atoms with Crippen LogP contribution in [0.25, 0.3) is 0 Å². The molecule has 0 atom stereocenters. The Labute approximate surface area is 145 Å². The summed E-state index contributed by atoms with van der Waals surface area (Å²) in [4.78, 5) is 0.387. The minimum absolute atomic E-state index is 0.174. The number of benzene rings is 1. The molecule has 0 unspecified atom stereocenters. The first kappa shape index (κ1) is 17.2. The monoisotopic (exact) mass is 355 g/mol. The molecule has 3 rings (SSSR count). The summed E-state index contributed by atoms with van der Waals surface area (Å²) < 4.78 is 28.5. The summed E-state index contributed by atoms with van der Waals surface area (Å²) in [7, 11) is -3.44. The van der Waals surface area contributed by atoms with Gasteiger partial charge in [-0.15, -0.1) is 0 Å². The largest absolute Gasteiger partial charge is 0.243 e. The molecule has 1 aromatic carbocycles.